The Hall–Kier alpha value is -3.22. The number of rotatable bonds is 3. The topological polar surface area (TPSA) is 56.0 Å². The summed E-state index contributed by atoms with van der Waals surface area (Å²) in [4.78, 5) is 12.5. The van der Waals surface area contributed by atoms with Crippen LogP contribution < -0.4 is 0 Å². The second kappa shape index (κ2) is 5.94. The van der Waals surface area contributed by atoms with Gasteiger partial charge in [-0.2, -0.15) is 9.61 Å². The van der Waals surface area contributed by atoms with Crippen LogP contribution in [0.5, 0.6) is 0 Å². The van der Waals surface area contributed by atoms with Gasteiger partial charge in [-0.25, -0.2) is 18.7 Å². The van der Waals surface area contributed by atoms with E-state index in [2.05, 4.69) is 20.1 Å². The van der Waals surface area contributed by atoms with Crippen LogP contribution in [0.1, 0.15) is 19.5 Å². The number of alkyl halides is 1. The molecule has 26 heavy (non-hydrogen) atoms. The molecule has 4 rings (SSSR count). The van der Waals surface area contributed by atoms with Crippen LogP contribution in [0, 0.1) is 5.82 Å². The minimum Gasteiger partial charge on any atom is -0.264 e. The lowest BCUT2D eigenvalue weighted by atomic mass is 10.0. The summed E-state index contributed by atoms with van der Waals surface area (Å²) in [6.07, 6.45) is 6.20. The maximum atomic E-state index is 14.3. The van der Waals surface area contributed by atoms with Crippen molar-refractivity contribution in [1.29, 1.82) is 0 Å². The predicted molar refractivity (Wildman–Crippen MR) is 93.5 cm³/mol. The molecule has 0 aliphatic heterocycles. The fraction of sp³-hybridized carbons (Fsp3) is 0.158. The molecule has 4 aromatic rings. The molecular weight excluding hydrogens is 336 g/mol. The maximum Gasteiger partial charge on any atom is 0.251 e. The Labute approximate surface area is 148 Å². The van der Waals surface area contributed by atoms with E-state index in [1.807, 2.05) is 0 Å². The molecular formula is C19H15F2N5. The average Bonchev–Trinajstić information content (AvgIpc) is 3.05. The summed E-state index contributed by atoms with van der Waals surface area (Å²) in [6, 6.07) is 8.29. The van der Waals surface area contributed by atoms with Gasteiger partial charge in [-0.3, -0.25) is 4.98 Å². The highest BCUT2D eigenvalue weighted by Gasteiger charge is 2.22. The molecule has 0 saturated heterocycles. The summed E-state index contributed by atoms with van der Waals surface area (Å²) in [7, 11) is 0. The van der Waals surface area contributed by atoms with E-state index in [1.54, 1.807) is 42.9 Å². The third-order valence-electron chi connectivity index (χ3n) is 4.08. The Bertz CT molecular complexity index is 1080. The third-order valence-corrected chi connectivity index (χ3v) is 4.08. The molecule has 0 bridgehead atoms. The molecule has 0 saturated carbocycles. The Balaban J connectivity index is 1.84. The Kier molecular flexibility index (Phi) is 3.72. The molecule has 0 radical (unpaired) electrons. The van der Waals surface area contributed by atoms with Gasteiger partial charge in [0.15, 0.2) is 0 Å². The zero-order chi connectivity index (χ0) is 18.3. The molecule has 7 heteroatoms. The lowest BCUT2D eigenvalue weighted by Crippen LogP contribution is -2.13. The lowest BCUT2D eigenvalue weighted by Gasteiger charge is -2.12. The summed E-state index contributed by atoms with van der Waals surface area (Å²) >= 11 is 0. The molecule has 1 aromatic carbocycles. The molecule has 0 unspecified atom stereocenters. The van der Waals surface area contributed by atoms with Crippen LogP contribution in [0.2, 0.25) is 0 Å². The van der Waals surface area contributed by atoms with E-state index in [0.29, 0.717) is 16.8 Å². The molecule has 0 atom stereocenters. The first-order chi connectivity index (χ1) is 12.4. The fourth-order valence-electron chi connectivity index (χ4n) is 2.69. The van der Waals surface area contributed by atoms with Gasteiger partial charge >= 0.3 is 0 Å². The lowest BCUT2D eigenvalue weighted by molar-refractivity contribution is 0.213. The van der Waals surface area contributed by atoms with Gasteiger partial charge in [0.1, 0.15) is 17.2 Å². The number of aromatic nitrogens is 5. The molecule has 0 spiro atoms. The van der Waals surface area contributed by atoms with Crippen molar-refractivity contribution in [2.45, 2.75) is 19.5 Å². The summed E-state index contributed by atoms with van der Waals surface area (Å²) < 4.78 is 29.9. The van der Waals surface area contributed by atoms with Crippen LogP contribution in [0.15, 0.2) is 55.1 Å². The van der Waals surface area contributed by atoms with Crippen molar-refractivity contribution in [2.24, 2.45) is 0 Å². The number of nitrogens with zero attached hydrogens (tertiary/aromatic N) is 5. The second-order valence-electron chi connectivity index (χ2n) is 6.41. The summed E-state index contributed by atoms with van der Waals surface area (Å²) in [6.45, 7) is 2.83. The van der Waals surface area contributed by atoms with Gasteiger partial charge in [-0.05, 0) is 38.1 Å². The summed E-state index contributed by atoms with van der Waals surface area (Å²) in [5.41, 5.74) is 1.07. The fourth-order valence-corrected chi connectivity index (χ4v) is 2.69. The quantitative estimate of drug-likeness (QED) is 0.555. The van der Waals surface area contributed by atoms with E-state index in [9.17, 15) is 8.78 Å². The van der Waals surface area contributed by atoms with Gasteiger partial charge in [-0.1, -0.05) is 6.07 Å². The Morgan fingerprint density at radius 2 is 1.88 bits per heavy atom. The molecule has 0 amide bonds. The smallest absolute Gasteiger partial charge is 0.251 e. The predicted octanol–water partition coefficient (Wildman–Crippen LogP) is 4.20. The molecule has 0 N–H and O–H groups in total. The number of hydrogen-bond donors (Lipinski definition) is 0. The van der Waals surface area contributed by atoms with Crippen LogP contribution in [0.25, 0.3) is 28.2 Å². The number of fused-ring (bicyclic) bond motifs is 1. The van der Waals surface area contributed by atoms with Crippen molar-refractivity contribution < 1.29 is 8.78 Å². The van der Waals surface area contributed by atoms with Crippen LogP contribution in [0.3, 0.4) is 0 Å². The highest BCUT2D eigenvalue weighted by atomic mass is 19.1. The number of hydrogen-bond acceptors (Lipinski definition) is 4. The van der Waals surface area contributed by atoms with Crippen molar-refractivity contribution in [2.75, 3.05) is 0 Å². The average molecular weight is 351 g/mol. The number of benzene rings is 1. The second-order valence-corrected chi connectivity index (χ2v) is 6.41. The first-order valence-electron chi connectivity index (χ1n) is 8.04. The van der Waals surface area contributed by atoms with E-state index in [4.69, 9.17) is 0 Å². The standard InChI is InChI=1S/C19H15F2N5/c1-19(2,21)17-11-24-26-16(10-23-18(26)25-17)12-5-6-15(20)14(8-12)13-4-3-7-22-9-13/h3-11H,1-2H3. The minimum atomic E-state index is -1.61. The van der Waals surface area contributed by atoms with Crippen molar-refractivity contribution in [3.63, 3.8) is 0 Å². The molecule has 130 valence electrons. The van der Waals surface area contributed by atoms with E-state index in [-0.39, 0.29) is 17.3 Å². The molecule has 3 aromatic heterocycles. The molecule has 0 aliphatic carbocycles. The normalized spacial score (nSPS) is 11.8. The van der Waals surface area contributed by atoms with Crippen molar-refractivity contribution >= 4 is 5.78 Å². The van der Waals surface area contributed by atoms with E-state index >= 15 is 0 Å². The van der Waals surface area contributed by atoms with Gasteiger partial charge in [-0.15, -0.1) is 0 Å². The molecule has 0 fully saturated rings. The number of halogens is 2. The summed E-state index contributed by atoms with van der Waals surface area (Å²) in [5.74, 6) is -0.0569. The van der Waals surface area contributed by atoms with Gasteiger partial charge in [0.25, 0.3) is 5.78 Å². The minimum absolute atomic E-state index is 0.206. The van der Waals surface area contributed by atoms with Crippen molar-refractivity contribution in [3.05, 3.63) is 66.6 Å². The summed E-state index contributed by atoms with van der Waals surface area (Å²) in [5, 5.41) is 4.25. The zero-order valence-corrected chi connectivity index (χ0v) is 14.2. The van der Waals surface area contributed by atoms with Crippen molar-refractivity contribution in [1.82, 2.24) is 24.6 Å². The first-order valence-corrected chi connectivity index (χ1v) is 8.04. The van der Waals surface area contributed by atoms with Gasteiger partial charge in [0, 0.05) is 29.1 Å². The molecule has 3 heterocycles. The van der Waals surface area contributed by atoms with Crippen LogP contribution in [0.4, 0.5) is 8.78 Å². The SMILES string of the molecule is CC(C)(F)c1cnn2c(-c3ccc(F)c(-c4cccnc4)c3)cnc2n1. The van der Waals surface area contributed by atoms with Gasteiger partial charge in [0.2, 0.25) is 0 Å². The molecule has 0 aliphatic rings. The van der Waals surface area contributed by atoms with E-state index in [0.717, 1.165) is 5.56 Å². The monoisotopic (exact) mass is 351 g/mol. The Morgan fingerprint density at radius 1 is 1.04 bits per heavy atom. The van der Waals surface area contributed by atoms with Gasteiger partial charge in [0.05, 0.1) is 18.1 Å². The number of imidazole rings is 1. The molecule has 5 nitrogen and oxygen atoms in total. The van der Waals surface area contributed by atoms with Gasteiger partial charge < -0.3 is 0 Å². The van der Waals surface area contributed by atoms with Crippen molar-refractivity contribution in [3.8, 4) is 22.4 Å². The zero-order valence-electron chi connectivity index (χ0n) is 14.2. The largest absolute Gasteiger partial charge is 0.264 e. The van der Waals surface area contributed by atoms with E-state index < -0.39 is 5.67 Å². The highest BCUT2D eigenvalue weighted by molar-refractivity contribution is 5.72. The Morgan fingerprint density at radius 3 is 2.62 bits per heavy atom. The number of pyridine rings is 1. The first kappa shape index (κ1) is 16.3. The van der Waals surface area contributed by atoms with Crippen LogP contribution in [-0.4, -0.2) is 24.6 Å². The van der Waals surface area contributed by atoms with E-state index in [1.165, 1.54) is 30.6 Å². The van der Waals surface area contributed by atoms with Crippen LogP contribution >= 0.6 is 0 Å². The third kappa shape index (κ3) is 2.81. The van der Waals surface area contributed by atoms with Crippen LogP contribution in [-0.2, 0) is 5.67 Å². The highest BCUT2D eigenvalue weighted by Crippen LogP contribution is 2.29. The maximum absolute atomic E-state index is 14.3.